The van der Waals surface area contributed by atoms with Crippen LogP contribution in [0.15, 0.2) is 84.7 Å². The molecule has 0 N–H and O–H groups in total. The van der Waals surface area contributed by atoms with Crippen molar-refractivity contribution in [3.05, 3.63) is 165 Å². The average Bonchev–Trinajstić information content (AvgIpc) is 3.18. The summed E-state index contributed by atoms with van der Waals surface area (Å²) in [4.78, 5) is 0. The second-order valence-electron chi connectivity index (χ2n) is 14.2. The summed E-state index contributed by atoms with van der Waals surface area (Å²) >= 11 is 0. The molecule has 340 valence electrons. The Hall–Kier alpha value is -6.18. The maximum absolute atomic E-state index is 15.1. The van der Waals surface area contributed by atoms with Gasteiger partial charge in [-0.1, -0.05) is 13.0 Å². The predicted molar refractivity (Wildman–Crippen MR) is 195 cm³/mol. The van der Waals surface area contributed by atoms with Gasteiger partial charge in [-0.05, 0) is 78.8 Å². The second kappa shape index (κ2) is 18.9. The lowest BCUT2D eigenvalue weighted by molar-refractivity contribution is -0.190. The smallest absolute Gasteiger partial charge is 0.432 e. The molecule has 0 aromatic heterocycles. The molecule has 0 saturated heterocycles. The highest BCUT2D eigenvalue weighted by atomic mass is 19.3. The van der Waals surface area contributed by atoms with E-state index >= 15 is 8.78 Å². The Kier molecular flexibility index (Phi) is 14.0. The molecule has 1 aliphatic carbocycles. The molecule has 2 atom stereocenters. The molecule has 6 rings (SSSR count). The first-order valence-electron chi connectivity index (χ1n) is 18.6. The summed E-state index contributed by atoms with van der Waals surface area (Å²) in [5.74, 6) is -23.9. The van der Waals surface area contributed by atoms with E-state index in [2.05, 4.69) is 9.47 Å². The van der Waals surface area contributed by atoms with Crippen LogP contribution in [-0.4, -0.2) is 19.3 Å². The molecule has 0 spiro atoms. The van der Waals surface area contributed by atoms with Crippen LogP contribution >= 0.6 is 0 Å². The van der Waals surface area contributed by atoms with Crippen LogP contribution in [0.25, 0.3) is 16.7 Å². The molecule has 4 nitrogen and oxygen atoms in total. The van der Waals surface area contributed by atoms with Crippen molar-refractivity contribution < 1.29 is 89.2 Å². The van der Waals surface area contributed by atoms with Crippen LogP contribution in [0.2, 0.25) is 0 Å². The minimum Gasteiger partial charge on any atom is -0.493 e. The van der Waals surface area contributed by atoms with Gasteiger partial charge in [0, 0.05) is 48.1 Å². The van der Waals surface area contributed by atoms with E-state index in [0.29, 0.717) is 37.1 Å². The lowest BCUT2D eigenvalue weighted by atomic mass is 9.95. The number of hydrogen-bond acceptors (Lipinski definition) is 4. The maximum Gasteiger partial charge on any atom is 0.432 e. The highest BCUT2D eigenvalue weighted by Gasteiger charge is 2.43. The van der Waals surface area contributed by atoms with Gasteiger partial charge < -0.3 is 18.9 Å². The molecular formula is C44H28F16O4. The van der Waals surface area contributed by atoms with Gasteiger partial charge in [0.05, 0.1) is 12.7 Å². The van der Waals surface area contributed by atoms with Crippen molar-refractivity contribution in [2.75, 3.05) is 13.2 Å². The van der Waals surface area contributed by atoms with Crippen LogP contribution < -0.4 is 14.2 Å². The normalized spacial score (nSPS) is 14.9. The molecule has 64 heavy (non-hydrogen) atoms. The Bertz CT molecular complexity index is 2540. The van der Waals surface area contributed by atoms with Crippen LogP contribution in [0.1, 0.15) is 42.9 Å². The fourth-order valence-corrected chi connectivity index (χ4v) is 6.38. The van der Waals surface area contributed by atoms with Crippen LogP contribution in [0, 0.1) is 69.9 Å². The largest absolute Gasteiger partial charge is 0.493 e. The van der Waals surface area contributed by atoms with Gasteiger partial charge in [0.25, 0.3) is 0 Å². The first-order chi connectivity index (χ1) is 30.0. The number of allylic oxidation sites excluding steroid dienone is 2. The van der Waals surface area contributed by atoms with Gasteiger partial charge in [-0.25, -0.2) is 52.7 Å². The molecule has 0 radical (unpaired) electrons. The van der Waals surface area contributed by atoms with Gasteiger partial charge in [0.1, 0.15) is 63.3 Å². The van der Waals surface area contributed by atoms with Crippen molar-refractivity contribution >= 4 is 5.57 Å². The first-order valence-corrected chi connectivity index (χ1v) is 18.6. The zero-order chi connectivity index (χ0) is 46.8. The molecule has 0 fully saturated rings. The quantitative estimate of drug-likeness (QED) is 0.0730. The third-order valence-electron chi connectivity index (χ3n) is 9.60. The monoisotopic (exact) mass is 924 g/mol. The van der Waals surface area contributed by atoms with Gasteiger partial charge in [-0.2, -0.15) is 17.6 Å². The fourth-order valence-electron chi connectivity index (χ4n) is 6.38. The minimum absolute atomic E-state index is 0.000215. The van der Waals surface area contributed by atoms with Gasteiger partial charge in [0.15, 0.2) is 34.9 Å². The summed E-state index contributed by atoms with van der Waals surface area (Å²) in [6.45, 7) is 1.93. The number of hydrogen-bond donors (Lipinski definition) is 0. The third kappa shape index (κ3) is 10.6. The predicted octanol–water partition coefficient (Wildman–Crippen LogP) is 13.7. The molecule has 0 amide bonds. The fraction of sp³-hybridized carbons (Fsp3) is 0.227. The number of benzene rings is 5. The Morgan fingerprint density at radius 1 is 0.531 bits per heavy atom. The summed E-state index contributed by atoms with van der Waals surface area (Å²) in [7, 11) is 0. The van der Waals surface area contributed by atoms with E-state index in [1.54, 1.807) is 6.92 Å². The van der Waals surface area contributed by atoms with Crippen LogP contribution in [-0.2, 0) is 17.0 Å². The summed E-state index contributed by atoms with van der Waals surface area (Å²) in [6.07, 6.45) is -7.52. The van der Waals surface area contributed by atoms with E-state index in [9.17, 15) is 61.5 Å². The Morgan fingerprint density at radius 3 is 1.42 bits per heavy atom. The van der Waals surface area contributed by atoms with Crippen LogP contribution in [0.4, 0.5) is 70.2 Å². The summed E-state index contributed by atoms with van der Waals surface area (Å²) < 4.78 is 248. The summed E-state index contributed by atoms with van der Waals surface area (Å²) in [6, 6.07) is 4.89. The average molecular weight is 925 g/mol. The molecule has 1 aliphatic rings. The lowest BCUT2D eigenvalue weighted by Gasteiger charge is -2.22. The molecule has 5 aromatic rings. The zero-order valence-corrected chi connectivity index (χ0v) is 32.4. The lowest BCUT2D eigenvalue weighted by Crippen LogP contribution is -2.25. The van der Waals surface area contributed by atoms with E-state index in [1.165, 1.54) is 12.1 Å². The van der Waals surface area contributed by atoms with Crippen molar-refractivity contribution in [2.24, 2.45) is 5.92 Å². The van der Waals surface area contributed by atoms with Gasteiger partial charge in [-0.3, -0.25) is 0 Å². The summed E-state index contributed by atoms with van der Waals surface area (Å²) in [5.41, 5.74) is -5.69. The standard InChI is InChI=1S/C44H28F16O4/c1-20(6-8-61-23-2-4-27(29(45)14-23)21-10-31(47)39(32(48)11-21)43(57,58)63-25-16-35(51)41(55)36(52)17-25)7-9-62-24-3-5-28(30(46)15-24)22-12-33(49)40(34(50)13-22)44(59,60)64-26-18-37(53)42(56)38(54)19-26/h2,4-5,10-20,24H,3,6-9H2,1H3. The minimum atomic E-state index is -4.85. The van der Waals surface area contributed by atoms with Crippen LogP contribution in [0.3, 0.4) is 0 Å². The van der Waals surface area contributed by atoms with Gasteiger partial charge in [-0.15, -0.1) is 0 Å². The van der Waals surface area contributed by atoms with Crippen molar-refractivity contribution in [3.63, 3.8) is 0 Å². The number of ether oxygens (including phenoxy) is 4. The molecule has 2 unspecified atom stereocenters. The van der Waals surface area contributed by atoms with Crippen molar-refractivity contribution in [3.8, 4) is 28.4 Å². The summed E-state index contributed by atoms with van der Waals surface area (Å²) in [5, 5.41) is 0. The van der Waals surface area contributed by atoms with Gasteiger partial charge in [0.2, 0.25) is 0 Å². The van der Waals surface area contributed by atoms with E-state index in [0.717, 1.165) is 18.2 Å². The molecule has 0 heterocycles. The van der Waals surface area contributed by atoms with Crippen molar-refractivity contribution in [2.45, 2.75) is 44.5 Å². The Morgan fingerprint density at radius 2 is 0.969 bits per heavy atom. The highest BCUT2D eigenvalue weighted by molar-refractivity contribution is 5.78. The molecule has 5 aromatic carbocycles. The SMILES string of the molecule is CC(CCOc1ccc(-c2cc(F)c(C(F)(F)Oc3cc(F)c(F)c(F)c3)c(F)c2)c(F)c1)CCOC1C=C(F)C(c2cc(F)c(C(F)(F)Oc3cc(F)c(F)c(F)c3)c(F)c2)=CC1. The molecule has 0 aliphatic heterocycles. The number of rotatable bonds is 16. The molecular weight excluding hydrogens is 896 g/mol. The first kappa shape index (κ1) is 47.3. The topological polar surface area (TPSA) is 36.9 Å². The number of alkyl halides is 4. The van der Waals surface area contributed by atoms with E-state index in [4.69, 9.17) is 9.47 Å². The van der Waals surface area contributed by atoms with Crippen molar-refractivity contribution in [1.82, 2.24) is 0 Å². The van der Waals surface area contributed by atoms with Gasteiger partial charge >= 0.3 is 12.2 Å². The van der Waals surface area contributed by atoms with E-state index < -0.39 is 127 Å². The third-order valence-corrected chi connectivity index (χ3v) is 9.60. The number of halogens is 16. The Balaban J connectivity index is 0.979. The maximum atomic E-state index is 15.1. The molecule has 0 bridgehead atoms. The highest BCUT2D eigenvalue weighted by Crippen LogP contribution is 2.41. The van der Waals surface area contributed by atoms with Crippen molar-refractivity contribution in [1.29, 1.82) is 0 Å². The van der Waals surface area contributed by atoms with Crippen LogP contribution in [0.5, 0.6) is 17.2 Å². The molecule has 20 heteroatoms. The van der Waals surface area contributed by atoms with E-state index in [1.807, 2.05) is 0 Å². The Labute approximate surface area is 351 Å². The second-order valence-corrected chi connectivity index (χ2v) is 14.2. The zero-order valence-electron chi connectivity index (χ0n) is 32.4. The van der Waals surface area contributed by atoms with E-state index in [-0.39, 0.29) is 61.1 Å². The molecule has 0 saturated carbocycles.